The smallest absolute Gasteiger partial charge is 0.240 e. The highest BCUT2D eigenvalue weighted by Crippen LogP contribution is 2.40. The minimum Gasteiger partial charge on any atom is -0.314 e. The second kappa shape index (κ2) is 4.42. The Hall–Kier alpha value is -1.68. The largest absolute Gasteiger partial charge is 0.314 e. The van der Waals surface area contributed by atoms with Gasteiger partial charge in [-0.1, -0.05) is 30.3 Å². The quantitative estimate of drug-likeness (QED) is 0.829. The summed E-state index contributed by atoms with van der Waals surface area (Å²) < 4.78 is 0. The molecule has 2 aliphatic rings. The number of amides is 2. The maximum Gasteiger partial charge on any atom is 0.240 e. The fraction of sp³-hybridized carbons (Fsp3) is 0.500. The average Bonchev–Trinajstić information content (AvgIpc) is 2.95. The van der Waals surface area contributed by atoms with Crippen LogP contribution in [-0.4, -0.2) is 35.3 Å². The molecule has 0 aromatic heterocycles. The van der Waals surface area contributed by atoms with Crippen molar-refractivity contribution in [3.63, 3.8) is 0 Å². The van der Waals surface area contributed by atoms with Crippen LogP contribution >= 0.6 is 0 Å². The lowest BCUT2D eigenvalue weighted by Crippen LogP contribution is -2.52. The van der Waals surface area contributed by atoms with E-state index in [1.807, 2.05) is 44.2 Å². The summed E-state index contributed by atoms with van der Waals surface area (Å²) in [5, 5.41) is 3.25. The molecule has 0 radical (unpaired) electrons. The summed E-state index contributed by atoms with van der Waals surface area (Å²) in [5.41, 5.74) is -0.166. The van der Waals surface area contributed by atoms with Crippen LogP contribution in [0.4, 0.5) is 0 Å². The molecule has 20 heavy (non-hydrogen) atoms. The number of hydrogen-bond donors (Lipinski definition) is 1. The Morgan fingerprint density at radius 3 is 2.45 bits per heavy atom. The first-order valence-corrected chi connectivity index (χ1v) is 7.11. The van der Waals surface area contributed by atoms with Crippen LogP contribution in [0.15, 0.2) is 30.3 Å². The van der Waals surface area contributed by atoms with Crippen molar-refractivity contribution in [2.24, 2.45) is 0 Å². The number of nitrogens with zero attached hydrogens (tertiary/aromatic N) is 1. The van der Waals surface area contributed by atoms with Crippen molar-refractivity contribution in [1.82, 2.24) is 10.2 Å². The Morgan fingerprint density at radius 2 is 1.85 bits per heavy atom. The zero-order valence-electron chi connectivity index (χ0n) is 12.0. The monoisotopic (exact) mass is 272 g/mol. The Morgan fingerprint density at radius 1 is 1.15 bits per heavy atom. The number of nitrogens with one attached hydrogen (secondary N) is 1. The molecule has 2 amide bonds. The number of imide groups is 1. The van der Waals surface area contributed by atoms with E-state index < -0.39 is 5.41 Å². The molecule has 2 unspecified atom stereocenters. The molecule has 2 saturated heterocycles. The van der Waals surface area contributed by atoms with Gasteiger partial charge in [-0.3, -0.25) is 14.5 Å². The third-order valence-electron chi connectivity index (χ3n) is 4.73. The van der Waals surface area contributed by atoms with Crippen molar-refractivity contribution >= 4 is 11.8 Å². The van der Waals surface area contributed by atoms with Gasteiger partial charge in [0.05, 0.1) is 11.0 Å². The third kappa shape index (κ3) is 1.79. The van der Waals surface area contributed by atoms with Crippen LogP contribution in [0.1, 0.15) is 32.3 Å². The highest BCUT2D eigenvalue weighted by Gasteiger charge is 2.55. The molecule has 106 valence electrons. The predicted molar refractivity (Wildman–Crippen MR) is 76.2 cm³/mol. The van der Waals surface area contributed by atoms with Gasteiger partial charge in [-0.05, 0) is 32.4 Å². The molecule has 0 bridgehead atoms. The maximum absolute atomic E-state index is 12.9. The zero-order chi connectivity index (χ0) is 14.4. The molecule has 0 spiro atoms. The fourth-order valence-electron chi connectivity index (χ4n) is 3.39. The summed E-state index contributed by atoms with van der Waals surface area (Å²) in [6.45, 7) is 5.43. The predicted octanol–water partition coefficient (Wildman–Crippen LogP) is 1.46. The number of carbonyl (C=O) groups excluding carboxylic acids is 2. The Labute approximate surface area is 119 Å². The highest BCUT2D eigenvalue weighted by molar-refractivity contribution is 6.09. The van der Waals surface area contributed by atoms with Gasteiger partial charge in [0.2, 0.25) is 11.8 Å². The van der Waals surface area contributed by atoms with Gasteiger partial charge in [-0.25, -0.2) is 0 Å². The van der Waals surface area contributed by atoms with E-state index in [-0.39, 0.29) is 23.8 Å². The molecule has 4 nitrogen and oxygen atoms in total. The van der Waals surface area contributed by atoms with Crippen LogP contribution in [0.2, 0.25) is 0 Å². The van der Waals surface area contributed by atoms with Crippen molar-refractivity contribution in [3.8, 4) is 0 Å². The first-order chi connectivity index (χ1) is 9.47. The van der Waals surface area contributed by atoms with Gasteiger partial charge in [-0.2, -0.15) is 0 Å². The van der Waals surface area contributed by atoms with Gasteiger partial charge in [-0.15, -0.1) is 0 Å². The lowest BCUT2D eigenvalue weighted by molar-refractivity contribution is -0.145. The van der Waals surface area contributed by atoms with Crippen molar-refractivity contribution in [1.29, 1.82) is 0 Å². The van der Waals surface area contributed by atoms with E-state index in [0.29, 0.717) is 6.54 Å². The highest BCUT2D eigenvalue weighted by atomic mass is 16.2. The molecule has 3 rings (SSSR count). The Kier molecular flexibility index (Phi) is 2.94. The van der Waals surface area contributed by atoms with E-state index in [9.17, 15) is 9.59 Å². The first kappa shape index (κ1) is 13.3. The molecule has 2 heterocycles. The standard InChI is InChI=1S/C16H20N2O2/c1-15(8-9-17-11-15)18-13(19)10-16(2,14(18)20)12-6-4-3-5-7-12/h3-7,17H,8-11H2,1-2H3. The fourth-order valence-corrected chi connectivity index (χ4v) is 3.39. The minimum atomic E-state index is -0.718. The topological polar surface area (TPSA) is 49.4 Å². The summed E-state index contributed by atoms with van der Waals surface area (Å²) >= 11 is 0. The molecule has 0 aliphatic carbocycles. The normalized spacial score (nSPS) is 34.0. The molecule has 1 aromatic rings. The zero-order valence-corrected chi connectivity index (χ0v) is 12.0. The molecule has 2 fully saturated rings. The summed E-state index contributed by atoms with van der Waals surface area (Å²) in [4.78, 5) is 26.9. The number of benzene rings is 1. The number of carbonyl (C=O) groups is 2. The van der Waals surface area contributed by atoms with Gasteiger partial charge in [0.1, 0.15) is 0 Å². The van der Waals surface area contributed by atoms with E-state index in [1.54, 1.807) is 0 Å². The molecule has 1 aromatic carbocycles. The number of likely N-dealkylation sites (tertiary alicyclic amines) is 1. The second-order valence-electron chi connectivity index (χ2n) is 6.33. The molecule has 2 aliphatic heterocycles. The maximum atomic E-state index is 12.9. The summed E-state index contributed by atoms with van der Waals surface area (Å²) in [6.07, 6.45) is 1.10. The van der Waals surface area contributed by atoms with Gasteiger partial charge < -0.3 is 5.32 Å². The molecule has 1 N–H and O–H groups in total. The van der Waals surface area contributed by atoms with Crippen LogP contribution in [0.3, 0.4) is 0 Å². The average molecular weight is 272 g/mol. The summed E-state index contributed by atoms with van der Waals surface area (Å²) in [7, 11) is 0. The van der Waals surface area contributed by atoms with E-state index in [0.717, 1.165) is 18.5 Å². The molecule has 0 saturated carbocycles. The first-order valence-electron chi connectivity index (χ1n) is 7.11. The molecular weight excluding hydrogens is 252 g/mol. The van der Waals surface area contributed by atoms with Crippen molar-refractivity contribution in [2.45, 2.75) is 37.6 Å². The summed E-state index contributed by atoms with van der Waals surface area (Å²) in [6, 6.07) is 9.63. The van der Waals surface area contributed by atoms with Gasteiger partial charge in [0.25, 0.3) is 0 Å². The lowest BCUT2D eigenvalue weighted by Gasteiger charge is -2.34. The van der Waals surface area contributed by atoms with Crippen LogP contribution < -0.4 is 5.32 Å². The Balaban J connectivity index is 1.98. The van der Waals surface area contributed by atoms with Crippen LogP contribution in [0, 0.1) is 0 Å². The van der Waals surface area contributed by atoms with E-state index in [1.165, 1.54) is 4.90 Å². The lowest BCUT2D eigenvalue weighted by atomic mass is 9.81. The van der Waals surface area contributed by atoms with Crippen LogP contribution in [0.25, 0.3) is 0 Å². The van der Waals surface area contributed by atoms with Crippen LogP contribution in [0.5, 0.6) is 0 Å². The van der Waals surface area contributed by atoms with E-state index in [2.05, 4.69) is 5.32 Å². The van der Waals surface area contributed by atoms with Gasteiger partial charge in [0, 0.05) is 13.0 Å². The molecule has 2 atom stereocenters. The van der Waals surface area contributed by atoms with Crippen LogP contribution in [-0.2, 0) is 15.0 Å². The number of rotatable bonds is 2. The Bertz CT molecular complexity index is 549. The SMILES string of the molecule is CC1(c2ccccc2)CC(=O)N(C2(C)CCNC2)C1=O. The van der Waals surface area contributed by atoms with E-state index >= 15 is 0 Å². The van der Waals surface area contributed by atoms with E-state index in [4.69, 9.17) is 0 Å². The van der Waals surface area contributed by atoms with Crippen molar-refractivity contribution in [3.05, 3.63) is 35.9 Å². The van der Waals surface area contributed by atoms with Crippen molar-refractivity contribution in [2.75, 3.05) is 13.1 Å². The molecular formula is C16H20N2O2. The summed E-state index contributed by atoms with van der Waals surface area (Å²) in [5.74, 6) is -0.104. The third-order valence-corrected chi connectivity index (χ3v) is 4.73. The van der Waals surface area contributed by atoms with Crippen molar-refractivity contribution < 1.29 is 9.59 Å². The minimum absolute atomic E-state index is 0.0486. The van der Waals surface area contributed by atoms with Gasteiger partial charge >= 0.3 is 0 Å². The second-order valence-corrected chi connectivity index (χ2v) is 6.33. The number of hydrogen-bond acceptors (Lipinski definition) is 3. The molecule has 4 heteroatoms. The van der Waals surface area contributed by atoms with Gasteiger partial charge in [0.15, 0.2) is 0 Å².